The third-order valence-electron chi connectivity index (χ3n) is 2.87. The van der Waals surface area contributed by atoms with E-state index >= 15 is 0 Å². The van der Waals surface area contributed by atoms with Crippen LogP contribution in [0.1, 0.15) is 36.1 Å². The summed E-state index contributed by atoms with van der Waals surface area (Å²) in [4.78, 5) is 12.3. The number of nitrogens with one attached hydrogen (secondary N) is 1. The van der Waals surface area contributed by atoms with Crippen LogP contribution < -0.4 is 5.32 Å². The average molecular weight is 325 g/mol. The molecule has 0 aromatic carbocycles. The van der Waals surface area contributed by atoms with Crippen LogP contribution in [0.15, 0.2) is 22.9 Å². The minimum absolute atomic E-state index is 0.129. The summed E-state index contributed by atoms with van der Waals surface area (Å²) < 4.78 is 4.52. The maximum absolute atomic E-state index is 12.3. The Balaban J connectivity index is 2.27. The lowest BCUT2D eigenvalue weighted by Crippen LogP contribution is -2.17. The quantitative estimate of drug-likeness (QED) is 0.943. The molecule has 0 aliphatic carbocycles. The van der Waals surface area contributed by atoms with Crippen molar-refractivity contribution >= 4 is 27.5 Å². The molecule has 0 unspecified atom stereocenters. The SMILES string of the molecule is Cc1nn(C)cc1NC(=O)c1cc(Br)cn1C(C)C. The topological polar surface area (TPSA) is 51.9 Å². The minimum atomic E-state index is -0.129. The number of aromatic nitrogens is 3. The zero-order valence-corrected chi connectivity index (χ0v) is 13.0. The third-order valence-corrected chi connectivity index (χ3v) is 3.30. The normalized spacial score (nSPS) is 11.1. The van der Waals surface area contributed by atoms with Gasteiger partial charge < -0.3 is 9.88 Å². The first kappa shape index (κ1) is 13.9. The summed E-state index contributed by atoms with van der Waals surface area (Å²) in [6.45, 7) is 5.95. The predicted molar refractivity (Wildman–Crippen MR) is 78.4 cm³/mol. The Labute approximate surface area is 120 Å². The van der Waals surface area contributed by atoms with E-state index in [9.17, 15) is 4.79 Å². The molecule has 19 heavy (non-hydrogen) atoms. The predicted octanol–water partition coefficient (Wildman–Crippen LogP) is 3.13. The van der Waals surface area contributed by atoms with Crippen LogP contribution in [0.2, 0.25) is 0 Å². The van der Waals surface area contributed by atoms with Crippen molar-refractivity contribution < 1.29 is 4.79 Å². The van der Waals surface area contributed by atoms with Crippen molar-refractivity contribution in [2.75, 3.05) is 5.32 Å². The standard InChI is InChI=1S/C13H17BrN4O/c1-8(2)18-6-10(14)5-12(18)13(19)15-11-7-17(4)16-9(11)3/h5-8H,1-4H3,(H,15,19). The van der Waals surface area contributed by atoms with E-state index in [0.717, 1.165) is 15.9 Å². The van der Waals surface area contributed by atoms with Gasteiger partial charge in [-0.1, -0.05) is 0 Å². The molecule has 2 rings (SSSR count). The van der Waals surface area contributed by atoms with E-state index in [-0.39, 0.29) is 11.9 Å². The summed E-state index contributed by atoms with van der Waals surface area (Å²) in [6.07, 6.45) is 3.71. The van der Waals surface area contributed by atoms with E-state index in [1.54, 1.807) is 10.9 Å². The molecule has 2 aromatic heterocycles. The molecule has 0 aliphatic heterocycles. The van der Waals surface area contributed by atoms with Crippen LogP contribution in [0.3, 0.4) is 0 Å². The first-order valence-electron chi connectivity index (χ1n) is 6.07. The fraction of sp³-hybridized carbons (Fsp3) is 0.385. The molecule has 0 aliphatic rings. The summed E-state index contributed by atoms with van der Waals surface area (Å²) >= 11 is 3.41. The lowest BCUT2D eigenvalue weighted by atomic mass is 10.3. The Hall–Kier alpha value is -1.56. The Morgan fingerprint density at radius 1 is 1.42 bits per heavy atom. The van der Waals surface area contributed by atoms with E-state index in [2.05, 4.69) is 26.3 Å². The van der Waals surface area contributed by atoms with E-state index in [4.69, 9.17) is 0 Å². The van der Waals surface area contributed by atoms with Gasteiger partial charge in [-0.05, 0) is 42.8 Å². The van der Waals surface area contributed by atoms with Crippen molar-refractivity contribution in [2.45, 2.75) is 26.8 Å². The van der Waals surface area contributed by atoms with E-state index < -0.39 is 0 Å². The Morgan fingerprint density at radius 2 is 2.11 bits per heavy atom. The number of rotatable bonds is 3. The summed E-state index contributed by atoms with van der Waals surface area (Å²) in [5.74, 6) is -0.129. The summed E-state index contributed by atoms with van der Waals surface area (Å²) in [5.41, 5.74) is 2.17. The lowest BCUT2D eigenvalue weighted by Gasteiger charge is -2.12. The van der Waals surface area contributed by atoms with Crippen molar-refractivity contribution in [2.24, 2.45) is 7.05 Å². The Kier molecular flexibility index (Phi) is 3.80. The van der Waals surface area contributed by atoms with E-state index in [1.807, 2.05) is 44.6 Å². The van der Waals surface area contributed by atoms with Crippen LogP contribution in [-0.4, -0.2) is 20.3 Å². The second-order valence-electron chi connectivity index (χ2n) is 4.80. The van der Waals surface area contributed by atoms with Crippen LogP contribution >= 0.6 is 15.9 Å². The van der Waals surface area contributed by atoms with Gasteiger partial charge in [0.05, 0.1) is 11.4 Å². The van der Waals surface area contributed by atoms with Crippen LogP contribution in [0.5, 0.6) is 0 Å². The molecule has 0 spiro atoms. The number of hydrogen-bond acceptors (Lipinski definition) is 2. The molecule has 0 atom stereocenters. The molecule has 1 N–H and O–H groups in total. The monoisotopic (exact) mass is 324 g/mol. The molecule has 2 aromatic rings. The number of carbonyl (C=O) groups excluding carboxylic acids is 1. The number of anilines is 1. The molecule has 0 bridgehead atoms. The zero-order chi connectivity index (χ0) is 14.2. The van der Waals surface area contributed by atoms with Crippen molar-refractivity contribution in [3.63, 3.8) is 0 Å². The molecule has 0 saturated carbocycles. The smallest absolute Gasteiger partial charge is 0.272 e. The van der Waals surface area contributed by atoms with Crippen molar-refractivity contribution in [3.8, 4) is 0 Å². The number of amides is 1. The fourth-order valence-electron chi connectivity index (χ4n) is 1.96. The lowest BCUT2D eigenvalue weighted by molar-refractivity contribution is 0.101. The molecule has 0 radical (unpaired) electrons. The average Bonchev–Trinajstić information content (AvgIpc) is 2.83. The molecule has 1 amide bonds. The summed E-state index contributed by atoms with van der Waals surface area (Å²) in [6, 6.07) is 2.04. The van der Waals surface area contributed by atoms with Gasteiger partial charge in [0.15, 0.2) is 0 Å². The van der Waals surface area contributed by atoms with Gasteiger partial charge in [0.25, 0.3) is 5.91 Å². The van der Waals surface area contributed by atoms with E-state index in [0.29, 0.717) is 5.69 Å². The minimum Gasteiger partial charge on any atom is -0.340 e. The van der Waals surface area contributed by atoms with Gasteiger partial charge in [-0.15, -0.1) is 0 Å². The Morgan fingerprint density at radius 3 is 2.63 bits per heavy atom. The van der Waals surface area contributed by atoms with Crippen molar-refractivity contribution in [3.05, 3.63) is 34.3 Å². The third kappa shape index (κ3) is 2.89. The van der Waals surface area contributed by atoms with Gasteiger partial charge in [-0.2, -0.15) is 5.10 Å². The first-order valence-corrected chi connectivity index (χ1v) is 6.86. The maximum Gasteiger partial charge on any atom is 0.272 e. The summed E-state index contributed by atoms with van der Waals surface area (Å²) in [7, 11) is 1.83. The van der Waals surface area contributed by atoms with Crippen LogP contribution in [-0.2, 0) is 7.05 Å². The van der Waals surface area contributed by atoms with Crippen LogP contribution in [0.25, 0.3) is 0 Å². The summed E-state index contributed by atoms with van der Waals surface area (Å²) in [5, 5.41) is 7.10. The molecular weight excluding hydrogens is 308 g/mol. The van der Waals surface area contributed by atoms with Gasteiger partial charge in [-0.25, -0.2) is 0 Å². The van der Waals surface area contributed by atoms with Crippen molar-refractivity contribution in [1.29, 1.82) is 0 Å². The second-order valence-corrected chi connectivity index (χ2v) is 5.72. The van der Waals surface area contributed by atoms with Crippen LogP contribution in [0, 0.1) is 6.92 Å². The highest BCUT2D eigenvalue weighted by molar-refractivity contribution is 9.10. The highest BCUT2D eigenvalue weighted by atomic mass is 79.9. The van der Waals surface area contributed by atoms with Gasteiger partial charge in [0, 0.05) is 30.0 Å². The highest BCUT2D eigenvalue weighted by Gasteiger charge is 2.16. The molecular formula is C13H17BrN4O. The maximum atomic E-state index is 12.3. The fourth-order valence-corrected chi connectivity index (χ4v) is 2.40. The zero-order valence-electron chi connectivity index (χ0n) is 11.4. The number of hydrogen-bond donors (Lipinski definition) is 1. The molecule has 0 fully saturated rings. The molecule has 6 heteroatoms. The largest absolute Gasteiger partial charge is 0.340 e. The van der Waals surface area contributed by atoms with Crippen LogP contribution in [0.4, 0.5) is 5.69 Å². The first-order chi connectivity index (χ1) is 8.88. The number of halogens is 1. The van der Waals surface area contributed by atoms with Gasteiger partial charge in [0.1, 0.15) is 5.69 Å². The van der Waals surface area contributed by atoms with Gasteiger partial charge in [-0.3, -0.25) is 9.48 Å². The second kappa shape index (κ2) is 5.21. The molecule has 2 heterocycles. The number of aryl methyl sites for hydroxylation is 2. The number of nitrogens with zero attached hydrogens (tertiary/aromatic N) is 3. The van der Waals surface area contributed by atoms with E-state index in [1.165, 1.54) is 0 Å². The molecule has 102 valence electrons. The van der Waals surface area contributed by atoms with Gasteiger partial charge in [0.2, 0.25) is 0 Å². The molecule has 5 nitrogen and oxygen atoms in total. The highest BCUT2D eigenvalue weighted by Crippen LogP contribution is 2.21. The van der Waals surface area contributed by atoms with Gasteiger partial charge >= 0.3 is 0 Å². The number of carbonyl (C=O) groups is 1. The van der Waals surface area contributed by atoms with Crippen molar-refractivity contribution in [1.82, 2.24) is 14.3 Å². The Bertz CT molecular complexity index is 612. The molecule has 0 saturated heterocycles.